The number of carboxylic acids is 2. The molecule has 9 heteroatoms. The van der Waals surface area contributed by atoms with Crippen molar-refractivity contribution in [2.45, 2.75) is 19.0 Å². The summed E-state index contributed by atoms with van der Waals surface area (Å²) in [7, 11) is 0. The smallest absolute Gasteiger partial charge is 0.328 e. The Morgan fingerprint density at radius 2 is 1.76 bits per heavy atom. The van der Waals surface area contributed by atoms with Crippen LogP contribution < -0.4 is 11.1 Å². The third-order valence-corrected chi connectivity index (χ3v) is 1.77. The first-order valence-corrected chi connectivity index (χ1v) is 5.09. The van der Waals surface area contributed by atoms with Crippen molar-refractivity contribution in [2.75, 3.05) is 12.4 Å². The minimum atomic E-state index is -1.24. The molecule has 0 aromatic rings. The molecule has 2 atom stereocenters. The summed E-state index contributed by atoms with van der Waals surface area (Å²) in [6.07, 6.45) is 0. The van der Waals surface area contributed by atoms with Crippen molar-refractivity contribution >= 4 is 30.5 Å². The van der Waals surface area contributed by atoms with Crippen molar-refractivity contribution in [3.63, 3.8) is 0 Å². The Hall–Kier alpha value is -1.32. The van der Waals surface area contributed by atoms with Crippen molar-refractivity contribution in [3.8, 4) is 0 Å². The highest BCUT2D eigenvalue weighted by atomic mass is 32.1. The summed E-state index contributed by atoms with van der Waals surface area (Å²) in [6, 6.07) is -2.00. The molecule has 0 aromatic carbocycles. The molecule has 0 saturated heterocycles. The number of thiol groups is 1. The van der Waals surface area contributed by atoms with Gasteiger partial charge in [-0.2, -0.15) is 12.6 Å². The van der Waals surface area contributed by atoms with E-state index in [2.05, 4.69) is 12.6 Å². The predicted molar refractivity (Wildman–Crippen MR) is 61.8 cm³/mol. The monoisotopic (exact) mass is 268 g/mol. The quantitative estimate of drug-likeness (QED) is 0.312. The van der Waals surface area contributed by atoms with Gasteiger partial charge in [-0.25, -0.2) is 4.79 Å². The van der Waals surface area contributed by atoms with Crippen molar-refractivity contribution < 1.29 is 29.7 Å². The van der Waals surface area contributed by atoms with Gasteiger partial charge in [0.1, 0.15) is 12.1 Å². The lowest BCUT2D eigenvalue weighted by molar-refractivity contribution is -0.142. The fraction of sp³-hybridized carbons (Fsp3) is 0.625. The van der Waals surface area contributed by atoms with E-state index in [-0.39, 0.29) is 5.75 Å². The van der Waals surface area contributed by atoms with Crippen LogP contribution >= 0.6 is 12.6 Å². The summed E-state index contributed by atoms with van der Waals surface area (Å²) in [6.45, 7) is 0.598. The van der Waals surface area contributed by atoms with Gasteiger partial charge in [-0.3, -0.25) is 9.59 Å². The lowest BCUT2D eigenvalue weighted by Crippen LogP contribution is -2.42. The van der Waals surface area contributed by atoms with Crippen LogP contribution in [0.5, 0.6) is 0 Å². The normalized spacial score (nSPS) is 12.7. The van der Waals surface area contributed by atoms with E-state index in [4.69, 9.17) is 21.1 Å². The van der Waals surface area contributed by atoms with Gasteiger partial charge in [-0.15, -0.1) is 0 Å². The van der Waals surface area contributed by atoms with E-state index in [1.807, 2.05) is 5.32 Å². The van der Waals surface area contributed by atoms with E-state index in [1.54, 1.807) is 0 Å². The van der Waals surface area contributed by atoms with Crippen LogP contribution in [0, 0.1) is 0 Å². The van der Waals surface area contributed by atoms with E-state index in [0.717, 1.165) is 0 Å². The highest BCUT2D eigenvalue weighted by molar-refractivity contribution is 7.80. The molecule has 0 heterocycles. The lowest BCUT2D eigenvalue weighted by atomic mass is 10.3. The highest BCUT2D eigenvalue weighted by Gasteiger charge is 2.15. The van der Waals surface area contributed by atoms with Crippen LogP contribution in [-0.4, -0.2) is 57.6 Å². The molecule has 0 aliphatic rings. The number of rotatable bonds is 5. The van der Waals surface area contributed by atoms with Crippen LogP contribution in [0.2, 0.25) is 0 Å². The number of aliphatic hydroxyl groups is 1. The van der Waals surface area contributed by atoms with Gasteiger partial charge in [0, 0.05) is 12.7 Å². The van der Waals surface area contributed by atoms with Crippen molar-refractivity contribution in [2.24, 2.45) is 5.73 Å². The van der Waals surface area contributed by atoms with Crippen LogP contribution in [0.3, 0.4) is 0 Å². The van der Waals surface area contributed by atoms with Crippen molar-refractivity contribution in [3.05, 3.63) is 0 Å². The maximum absolute atomic E-state index is 10.2. The van der Waals surface area contributed by atoms with E-state index in [9.17, 15) is 14.4 Å². The molecule has 0 bridgehead atoms. The zero-order chi connectivity index (χ0) is 14.0. The minimum absolute atomic E-state index is 0.190. The fourth-order valence-corrected chi connectivity index (χ4v) is 0.665. The van der Waals surface area contributed by atoms with Gasteiger partial charge in [0.15, 0.2) is 0 Å². The van der Waals surface area contributed by atoms with Gasteiger partial charge in [0.2, 0.25) is 5.91 Å². The molecule has 6 N–H and O–H groups in total. The summed E-state index contributed by atoms with van der Waals surface area (Å²) in [5.74, 6) is -2.52. The van der Waals surface area contributed by atoms with E-state index in [1.165, 1.54) is 6.92 Å². The number of carboxylic acid groups (broad SMARTS) is 2. The summed E-state index contributed by atoms with van der Waals surface area (Å²) in [5.41, 5.74) is 4.94. The third-order valence-electron chi connectivity index (χ3n) is 1.37. The van der Waals surface area contributed by atoms with Gasteiger partial charge in [0.25, 0.3) is 0 Å². The van der Waals surface area contributed by atoms with Crippen molar-refractivity contribution in [1.82, 2.24) is 5.32 Å². The first kappa shape index (κ1) is 18.1. The second-order valence-electron chi connectivity index (χ2n) is 2.90. The largest absolute Gasteiger partial charge is 0.480 e. The van der Waals surface area contributed by atoms with Crippen LogP contribution in [-0.2, 0) is 14.4 Å². The Kier molecular flexibility index (Phi) is 10.5. The Labute approximate surface area is 103 Å². The molecular formula is C8H16N2O6S. The zero-order valence-corrected chi connectivity index (χ0v) is 10.1. The summed E-state index contributed by atoms with van der Waals surface area (Å²) < 4.78 is 0. The number of aliphatic carboxylic acids is 2. The van der Waals surface area contributed by atoms with Crippen LogP contribution in [0.15, 0.2) is 0 Å². The number of hydrogen-bond acceptors (Lipinski definition) is 6. The van der Waals surface area contributed by atoms with E-state index < -0.39 is 36.5 Å². The average molecular weight is 268 g/mol. The number of aliphatic hydroxyl groups excluding tert-OH is 1. The predicted octanol–water partition coefficient (Wildman–Crippen LogP) is -2.10. The van der Waals surface area contributed by atoms with Gasteiger partial charge in [-0.05, 0) is 0 Å². The van der Waals surface area contributed by atoms with E-state index >= 15 is 0 Å². The lowest BCUT2D eigenvalue weighted by Gasteiger charge is -2.08. The Bertz CT molecular complexity index is 273. The number of nitrogens with one attached hydrogen (secondary N) is 1. The molecule has 0 aromatic heterocycles. The molecule has 100 valence electrons. The van der Waals surface area contributed by atoms with Gasteiger partial charge in [-0.1, -0.05) is 0 Å². The fourth-order valence-electron chi connectivity index (χ4n) is 0.509. The Morgan fingerprint density at radius 3 is 1.82 bits per heavy atom. The number of hydrogen-bond donors (Lipinski definition) is 6. The van der Waals surface area contributed by atoms with Crippen LogP contribution in [0.4, 0.5) is 0 Å². The second-order valence-corrected chi connectivity index (χ2v) is 3.27. The third kappa shape index (κ3) is 11.0. The van der Waals surface area contributed by atoms with Gasteiger partial charge in [0.05, 0.1) is 6.61 Å². The first-order chi connectivity index (χ1) is 7.76. The molecule has 17 heavy (non-hydrogen) atoms. The highest BCUT2D eigenvalue weighted by Crippen LogP contribution is 1.81. The standard InChI is InChI=1S/C5H9NO4.C3H7NO2S/c1-3(8)6-4(2-7)5(9)10;4-2(1-7)3(5)6/h4,7H,2H2,1H3,(H,6,8)(H,9,10);2,7H,1,4H2,(H,5,6). The van der Waals surface area contributed by atoms with Gasteiger partial charge >= 0.3 is 11.9 Å². The Balaban J connectivity index is 0. The first-order valence-electron chi connectivity index (χ1n) is 4.46. The van der Waals surface area contributed by atoms with Crippen molar-refractivity contribution in [1.29, 1.82) is 0 Å². The molecule has 0 aliphatic heterocycles. The number of nitrogens with two attached hydrogens (primary N) is 1. The van der Waals surface area contributed by atoms with Crippen LogP contribution in [0.25, 0.3) is 0 Å². The zero-order valence-electron chi connectivity index (χ0n) is 9.16. The molecule has 8 nitrogen and oxygen atoms in total. The summed E-state index contributed by atoms with van der Waals surface area (Å²) in [5, 5.41) is 26.6. The maximum Gasteiger partial charge on any atom is 0.328 e. The SMILES string of the molecule is CC(=O)NC(CO)C(=O)O.NC(CS)C(=O)O. The van der Waals surface area contributed by atoms with Gasteiger partial charge < -0.3 is 26.4 Å². The van der Waals surface area contributed by atoms with Crippen LogP contribution in [0.1, 0.15) is 6.92 Å². The molecule has 0 saturated carbocycles. The minimum Gasteiger partial charge on any atom is -0.480 e. The number of carbonyl (C=O) groups excluding carboxylic acids is 1. The summed E-state index contributed by atoms with van der Waals surface area (Å²) in [4.78, 5) is 30.1. The molecule has 2 unspecified atom stereocenters. The molecule has 0 aliphatic carbocycles. The maximum atomic E-state index is 10.2. The second kappa shape index (κ2) is 9.87. The van der Waals surface area contributed by atoms with E-state index in [0.29, 0.717) is 0 Å². The molecular weight excluding hydrogens is 252 g/mol. The molecule has 0 fully saturated rings. The average Bonchev–Trinajstić information content (AvgIpc) is 2.24. The molecule has 0 spiro atoms. The topological polar surface area (TPSA) is 150 Å². The number of carbonyl (C=O) groups is 3. The Morgan fingerprint density at radius 1 is 1.29 bits per heavy atom. The summed E-state index contributed by atoms with van der Waals surface area (Å²) >= 11 is 3.65. The number of amides is 1. The molecule has 1 amide bonds. The molecule has 0 rings (SSSR count). The molecule has 0 radical (unpaired) electrons.